The van der Waals surface area contributed by atoms with Crippen LogP contribution in [0.3, 0.4) is 0 Å². The Hall–Kier alpha value is -2.18. The van der Waals surface area contributed by atoms with Gasteiger partial charge in [0, 0.05) is 5.46 Å². The summed E-state index contributed by atoms with van der Waals surface area (Å²) in [5.41, 5.74) is 1.18. The number of rotatable bonds is 6. The molecule has 2 rings (SSSR count). The molecule has 2 N–H and O–H groups in total. The zero-order valence-corrected chi connectivity index (χ0v) is 11.9. The Balaban J connectivity index is 2.34. The normalized spacial score (nSPS) is 10.1. The summed E-state index contributed by atoms with van der Waals surface area (Å²) >= 11 is 0. The van der Waals surface area contributed by atoms with Crippen LogP contribution < -0.4 is 19.7 Å². The number of methoxy groups -OCH3 is 2. The second-order valence-electron chi connectivity index (χ2n) is 4.37. The van der Waals surface area contributed by atoms with E-state index in [4.69, 9.17) is 14.2 Å². The molecule has 0 aliphatic rings. The highest BCUT2D eigenvalue weighted by atomic mass is 16.5. The van der Waals surface area contributed by atoms with Crippen molar-refractivity contribution in [3.05, 3.63) is 48.0 Å². The smallest absolute Gasteiger partial charge is 0.492 e. The van der Waals surface area contributed by atoms with Gasteiger partial charge in [-0.3, -0.25) is 0 Å². The van der Waals surface area contributed by atoms with E-state index in [1.165, 1.54) is 20.3 Å². The zero-order valence-electron chi connectivity index (χ0n) is 11.9. The van der Waals surface area contributed by atoms with Crippen LogP contribution in [-0.4, -0.2) is 31.4 Å². The minimum atomic E-state index is -1.66. The van der Waals surface area contributed by atoms with Gasteiger partial charge >= 0.3 is 7.12 Å². The second-order valence-corrected chi connectivity index (χ2v) is 4.37. The lowest BCUT2D eigenvalue weighted by Gasteiger charge is -2.17. The number of hydrogen-bond acceptors (Lipinski definition) is 5. The first-order chi connectivity index (χ1) is 10.2. The molecule has 6 heteroatoms. The fraction of sp³-hybridized carbons (Fsp3) is 0.200. The number of hydrogen-bond donors (Lipinski definition) is 2. The van der Waals surface area contributed by atoms with Gasteiger partial charge in [-0.15, -0.1) is 0 Å². The average molecular weight is 288 g/mol. The Kier molecular flexibility index (Phi) is 5.08. The van der Waals surface area contributed by atoms with E-state index in [1.807, 2.05) is 30.3 Å². The number of benzene rings is 2. The van der Waals surface area contributed by atoms with E-state index in [0.717, 1.165) is 5.56 Å². The van der Waals surface area contributed by atoms with Crippen molar-refractivity contribution in [2.45, 2.75) is 6.61 Å². The monoisotopic (exact) mass is 288 g/mol. The van der Waals surface area contributed by atoms with Crippen LogP contribution >= 0.6 is 0 Å². The van der Waals surface area contributed by atoms with Crippen LogP contribution in [0, 0.1) is 0 Å². The number of ether oxygens (including phenoxy) is 3. The third-order valence-corrected chi connectivity index (χ3v) is 3.03. The molecule has 0 amide bonds. The Bertz CT molecular complexity index is 586. The third kappa shape index (κ3) is 3.48. The van der Waals surface area contributed by atoms with Gasteiger partial charge in [-0.2, -0.15) is 0 Å². The molecule has 0 aliphatic carbocycles. The molecule has 0 aromatic heterocycles. The largest absolute Gasteiger partial charge is 0.493 e. The SMILES string of the molecule is COc1ccc(B(O)O)c(OCc2ccccc2)c1OC. The van der Waals surface area contributed by atoms with Crippen LogP contribution in [0.2, 0.25) is 0 Å². The standard InChI is InChI=1S/C15H17BO5/c1-19-13-9-8-12(16(17)18)14(15(13)20-2)21-10-11-6-4-3-5-7-11/h3-9,17-18H,10H2,1-2H3. The van der Waals surface area contributed by atoms with E-state index in [1.54, 1.807) is 6.07 Å². The second kappa shape index (κ2) is 7.01. The summed E-state index contributed by atoms with van der Waals surface area (Å²) in [5.74, 6) is 1.06. The van der Waals surface area contributed by atoms with Gasteiger partial charge in [0.25, 0.3) is 0 Å². The Morgan fingerprint density at radius 2 is 1.62 bits per heavy atom. The molecule has 0 aliphatic heterocycles. The molecule has 21 heavy (non-hydrogen) atoms. The van der Waals surface area contributed by atoms with Crippen molar-refractivity contribution in [1.82, 2.24) is 0 Å². The van der Waals surface area contributed by atoms with Crippen LogP contribution in [0.15, 0.2) is 42.5 Å². The summed E-state index contributed by atoms with van der Waals surface area (Å²) in [7, 11) is 1.32. The molecule has 110 valence electrons. The maximum Gasteiger partial charge on any atom is 0.492 e. The molecule has 0 heterocycles. The summed E-state index contributed by atoms with van der Waals surface area (Å²) in [6, 6.07) is 12.7. The fourth-order valence-electron chi connectivity index (χ4n) is 2.00. The van der Waals surface area contributed by atoms with E-state index in [2.05, 4.69) is 0 Å². The van der Waals surface area contributed by atoms with Crippen LogP contribution in [0.5, 0.6) is 17.2 Å². The van der Waals surface area contributed by atoms with Crippen molar-refractivity contribution in [3.8, 4) is 17.2 Å². The van der Waals surface area contributed by atoms with E-state index in [-0.39, 0.29) is 17.8 Å². The lowest BCUT2D eigenvalue weighted by molar-refractivity contribution is 0.276. The molecule has 2 aromatic carbocycles. The predicted octanol–water partition coefficient (Wildman–Crippen LogP) is 0.963. The maximum atomic E-state index is 9.46. The van der Waals surface area contributed by atoms with Crippen molar-refractivity contribution >= 4 is 12.6 Å². The summed E-state index contributed by atoms with van der Waals surface area (Å²) in [6.07, 6.45) is 0. The topological polar surface area (TPSA) is 68.2 Å². The van der Waals surface area contributed by atoms with Crippen LogP contribution in [0.4, 0.5) is 0 Å². The van der Waals surface area contributed by atoms with Crippen molar-refractivity contribution < 1.29 is 24.3 Å². The van der Waals surface area contributed by atoms with Crippen LogP contribution in [-0.2, 0) is 6.61 Å². The lowest BCUT2D eigenvalue weighted by atomic mass is 9.79. The van der Waals surface area contributed by atoms with E-state index >= 15 is 0 Å². The maximum absolute atomic E-state index is 9.46. The highest BCUT2D eigenvalue weighted by Crippen LogP contribution is 2.35. The first kappa shape index (κ1) is 15.2. The summed E-state index contributed by atoms with van der Waals surface area (Å²) < 4.78 is 16.2. The van der Waals surface area contributed by atoms with Crippen molar-refractivity contribution in [3.63, 3.8) is 0 Å². The van der Waals surface area contributed by atoms with E-state index in [0.29, 0.717) is 11.5 Å². The summed E-state index contributed by atoms with van der Waals surface area (Å²) in [4.78, 5) is 0. The highest BCUT2D eigenvalue weighted by molar-refractivity contribution is 6.59. The van der Waals surface area contributed by atoms with Crippen molar-refractivity contribution in [2.24, 2.45) is 0 Å². The van der Waals surface area contributed by atoms with E-state index < -0.39 is 7.12 Å². The Morgan fingerprint density at radius 1 is 0.905 bits per heavy atom. The molecule has 0 atom stereocenters. The summed E-state index contributed by atoms with van der Waals surface area (Å²) in [6.45, 7) is 0.282. The molecule has 0 radical (unpaired) electrons. The van der Waals surface area contributed by atoms with Gasteiger partial charge in [0.15, 0.2) is 11.5 Å². The first-order valence-corrected chi connectivity index (χ1v) is 6.45. The summed E-state index contributed by atoms with van der Waals surface area (Å²) in [5, 5.41) is 18.9. The van der Waals surface area contributed by atoms with Crippen molar-refractivity contribution in [2.75, 3.05) is 14.2 Å². The van der Waals surface area contributed by atoms with Gasteiger partial charge in [-0.05, 0) is 11.6 Å². The molecule has 0 spiro atoms. The molecular weight excluding hydrogens is 271 g/mol. The minimum Gasteiger partial charge on any atom is -0.493 e. The third-order valence-electron chi connectivity index (χ3n) is 3.03. The molecule has 0 saturated heterocycles. The molecule has 0 saturated carbocycles. The van der Waals surface area contributed by atoms with Gasteiger partial charge in [0.1, 0.15) is 6.61 Å². The van der Waals surface area contributed by atoms with E-state index in [9.17, 15) is 10.0 Å². The van der Waals surface area contributed by atoms with Gasteiger partial charge in [-0.25, -0.2) is 0 Å². The Labute approximate surface area is 123 Å². The highest BCUT2D eigenvalue weighted by Gasteiger charge is 2.24. The van der Waals surface area contributed by atoms with Crippen LogP contribution in [0.25, 0.3) is 0 Å². The molecule has 2 aromatic rings. The molecule has 5 nitrogen and oxygen atoms in total. The predicted molar refractivity (Wildman–Crippen MR) is 80.1 cm³/mol. The molecular formula is C15H17BO5. The first-order valence-electron chi connectivity index (χ1n) is 6.45. The minimum absolute atomic E-state index is 0.226. The van der Waals surface area contributed by atoms with Crippen molar-refractivity contribution in [1.29, 1.82) is 0 Å². The molecule has 0 bridgehead atoms. The average Bonchev–Trinajstić information content (AvgIpc) is 2.52. The van der Waals surface area contributed by atoms with Gasteiger partial charge in [0.2, 0.25) is 5.75 Å². The zero-order chi connectivity index (χ0) is 15.2. The fourth-order valence-corrected chi connectivity index (χ4v) is 2.00. The van der Waals surface area contributed by atoms with Gasteiger partial charge < -0.3 is 24.3 Å². The molecule has 0 fully saturated rings. The Morgan fingerprint density at radius 3 is 2.19 bits per heavy atom. The quantitative estimate of drug-likeness (QED) is 0.775. The lowest BCUT2D eigenvalue weighted by Crippen LogP contribution is -2.31. The van der Waals surface area contributed by atoms with Gasteiger partial charge in [-0.1, -0.05) is 36.4 Å². The van der Waals surface area contributed by atoms with Gasteiger partial charge in [0.05, 0.1) is 14.2 Å². The molecule has 0 unspecified atom stereocenters. The van der Waals surface area contributed by atoms with Crippen LogP contribution in [0.1, 0.15) is 5.56 Å².